The van der Waals surface area contributed by atoms with Crippen LogP contribution in [0.1, 0.15) is 0 Å². The number of nitrogens with zero attached hydrogens (tertiary/aromatic N) is 4. The minimum atomic E-state index is -1.60. The zero-order chi connectivity index (χ0) is 28.1. The lowest BCUT2D eigenvalue weighted by Gasteiger charge is -2.19. The number of pyridine rings is 1. The summed E-state index contributed by atoms with van der Waals surface area (Å²) in [6.45, 7) is -0.781. The Morgan fingerprint density at radius 1 is 1.10 bits per heavy atom. The monoisotopic (exact) mass is 536 g/mol. The number of azo groups is 2. The number of halogens is 1. The molecule has 1 atom stereocenters. The fourth-order valence-electron chi connectivity index (χ4n) is 3.72. The van der Waals surface area contributed by atoms with Gasteiger partial charge in [-0.3, -0.25) is 9.78 Å². The number of imide groups is 1. The van der Waals surface area contributed by atoms with Crippen LogP contribution in [0.5, 0.6) is 23.0 Å². The number of benzene rings is 2. The van der Waals surface area contributed by atoms with Crippen LogP contribution in [0.2, 0.25) is 0 Å². The molecule has 0 radical (unpaired) electrons. The maximum Gasteiger partial charge on any atom is 0.521 e. The molecule has 3 aromatic rings. The number of nitrogens with one attached hydrogen (secondary N) is 1. The number of hydrogen-bond donors (Lipinski definition) is 2. The molecule has 1 aromatic heterocycles. The van der Waals surface area contributed by atoms with E-state index in [1.165, 1.54) is 39.6 Å². The third kappa shape index (κ3) is 5.60. The molecule has 2 aromatic carbocycles. The van der Waals surface area contributed by atoms with Crippen LogP contribution in [0.4, 0.5) is 14.9 Å². The Hall–Kier alpha value is -5.09. The van der Waals surface area contributed by atoms with E-state index in [2.05, 4.69) is 27.3 Å². The van der Waals surface area contributed by atoms with E-state index < -0.39 is 36.3 Å². The Morgan fingerprint density at radius 2 is 1.85 bits per heavy atom. The average molecular weight is 536 g/mol. The minimum absolute atomic E-state index is 0.0324. The van der Waals surface area contributed by atoms with Crippen molar-refractivity contribution in [1.82, 2.24) is 9.88 Å². The van der Waals surface area contributed by atoms with E-state index in [-0.39, 0.29) is 18.0 Å². The van der Waals surface area contributed by atoms with Crippen LogP contribution in [0.25, 0.3) is 10.9 Å². The van der Waals surface area contributed by atoms with Gasteiger partial charge in [-0.1, -0.05) is 17.0 Å². The summed E-state index contributed by atoms with van der Waals surface area (Å²) in [6.07, 6.45) is 1.50. The molecule has 200 valence electrons. The molecule has 4 rings (SSSR count). The third-order valence-electron chi connectivity index (χ3n) is 5.61. The van der Waals surface area contributed by atoms with Crippen molar-refractivity contribution in [3.05, 3.63) is 48.4 Å². The van der Waals surface area contributed by atoms with E-state index in [9.17, 15) is 18.8 Å². The number of aliphatic hydroxyl groups is 1. The highest BCUT2D eigenvalue weighted by Crippen LogP contribution is 2.37. The predicted molar refractivity (Wildman–Crippen MR) is 134 cm³/mol. The SMILES string of the molecule is COc1cc2nccc(Oc3ccc(NC(=O)C4N=[N+](C)C(=O)N(CC#CCO)C4=O)cc3F)c2cc1OC. The molecule has 0 spiro atoms. The van der Waals surface area contributed by atoms with Gasteiger partial charge >= 0.3 is 11.9 Å². The highest BCUT2D eigenvalue weighted by Gasteiger charge is 2.46. The molecule has 1 unspecified atom stereocenters. The number of amides is 4. The number of anilines is 1. The summed E-state index contributed by atoms with van der Waals surface area (Å²) in [7, 11) is 4.27. The van der Waals surface area contributed by atoms with Gasteiger partial charge in [-0.05, 0) is 24.3 Å². The summed E-state index contributed by atoms with van der Waals surface area (Å²) < 4.78 is 32.3. The number of urea groups is 1. The van der Waals surface area contributed by atoms with Gasteiger partial charge in [-0.25, -0.2) is 9.18 Å². The molecule has 13 heteroatoms. The number of ether oxygens (including phenoxy) is 3. The summed E-state index contributed by atoms with van der Waals surface area (Å²) in [6, 6.07) is 6.23. The highest BCUT2D eigenvalue weighted by molar-refractivity contribution is 6.13. The van der Waals surface area contributed by atoms with Gasteiger partial charge < -0.3 is 24.6 Å². The normalized spacial score (nSPS) is 14.8. The van der Waals surface area contributed by atoms with E-state index in [4.69, 9.17) is 19.3 Å². The number of carbonyl (C=O) groups excluding carboxylic acids is 3. The molecule has 1 aliphatic rings. The highest BCUT2D eigenvalue weighted by atomic mass is 19.1. The second-order valence-corrected chi connectivity index (χ2v) is 8.03. The van der Waals surface area contributed by atoms with Crippen molar-refractivity contribution >= 4 is 34.4 Å². The smallest absolute Gasteiger partial charge is 0.493 e. The summed E-state index contributed by atoms with van der Waals surface area (Å²) in [4.78, 5) is 42.8. The fraction of sp³-hybridized carbons (Fsp3) is 0.231. The molecule has 0 bridgehead atoms. The number of rotatable bonds is 7. The number of fused-ring (bicyclic) bond motifs is 1. The molecule has 4 amide bonds. The molecule has 2 heterocycles. The summed E-state index contributed by atoms with van der Waals surface area (Å²) in [5, 5.41) is 15.6. The van der Waals surface area contributed by atoms with Gasteiger partial charge in [0.2, 0.25) is 0 Å². The Kier molecular flexibility index (Phi) is 7.97. The van der Waals surface area contributed by atoms with Gasteiger partial charge in [0.15, 0.2) is 29.6 Å². The van der Waals surface area contributed by atoms with Gasteiger partial charge in [0.1, 0.15) is 19.4 Å². The van der Waals surface area contributed by atoms with Crippen molar-refractivity contribution in [2.75, 3.05) is 39.7 Å². The van der Waals surface area contributed by atoms with E-state index >= 15 is 0 Å². The standard InChI is InChI=1S/C26H22FN5O7/c1-31-26(36)32(10-4-5-11-33)25(35)23(30-31)24(34)29-15-6-7-20(17(27)12-15)39-19-8-9-28-18-14-22(38-3)21(37-2)13-16(18)19/h6-9,12-14,23,33H,10-11H2,1-3H3/p+1. The van der Waals surface area contributed by atoms with Crippen molar-refractivity contribution < 1.29 is 42.8 Å². The van der Waals surface area contributed by atoms with Crippen LogP contribution in [-0.4, -0.2) is 78.0 Å². The topological polar surface area (TPSA) is 143 Å². The Labute approximate surface area is 221 Å². The number of hydrogen-bond acceptors (Lipinski definition) is 9. The van der Waals surface area contributed by atoms with Crippen LogP contribution in [0, 0.1) is 17.7 Å². The molecule has 0 saturated carbocycles. The maximum absolute atomic E-state index is 15.0. The van der Waals surface area contributed by atoms with Gasteiger partial charge in [-0.15, -0.1) is 9.60 Å². The fourth-order valence-corrected chi connectivity index (χ4v) is 3.72. The summed E-state index contributed by atoms with van der Waals surface area (Å²) in [5.74, 6) is 3.29. The van der Waals surface area contributed by atoms with Crippen molar-refractivity contribution in [1.29, 1.82) is 0 Å². The molecule has 0 aliphatic carbocycles. The van der Waals surface area contributed by atoms with Crippen LogP contribution >= 0.6 is 0 Å². The Bertz CT molecular complexity index is 1560. The van der Waals surface area contributed by atoms with Crippen molar-refractivity contribution in [2.24, 2.45) is 5.11 Å². The Morgan fingerprint density at radius 3 is 2.54 bits per heavy atom. The quantitative estimate of drug-likeness (QED) is 0.267. The second-order valence-electron chi connectivity index (χ2n) is 8.03. The molecule has 0 saturated heterocycles. The van der Waals surface area contributed by atoms with Crippen LogP contribution in [0.15, 0.2) is 47.7 Å². The average Bonchev–Trinajstić information content (AvgIpc) is 2.93. The summed E-state index contributed by atoms with van der Waals surface area (Å²) >= 11 is 0. The van der Waals surface area contributed by atoms with E-state index in [0.29, 0.717) is 28.2 Å². The van der Waals surface area contributed by atoms with Crippen molar-refractivity contribution in [2.45, 2.75) is 6.04 Å². The van der Waals surface area contributed by atoms with Gasteiger partial charge in [0.05, 0.1) is 19.7 Å². The molecule has 1 aliphatic heterocycles. The van der Waals surface area contributed by atoms with Crippen LogP contribution in [0.3, 0.4) is 0 Å². The van der Waals surface area contributed by atoms with Gasteiger partial charge in [0.25, 0.3) is 11.9 Å². The lowest BCUT2D eigenvalue weighted by atomic mass is 10.1. The third-order valence-corrected chi connectivity index (χ3v) is 5.61. The van der Waals surface area contributed by atoms with Crippen molar-refractivity contribution in [3.8, 4) is 34.8 Å². The molecule has 0 fully saturated rings. The van der Waals surface area contributed by atoms with E-state index in [1.54, 1.807) is 18.2 Å². The number of aromatic nitrogens is 1. The molecule has 39 heavy (non-hydrogen) atoms. The van der Waals surface area contributed by atoms with Gasteiger partial charge in [0, 0.05) is 29.4 Å². The molecular weight excluding hydrogens is 513 g/mol. The lowest BCUT2D eigenvalue weighted by Crippen LogP contribution is -2.53. The largest absolute Gasteiger partial charge is 0.521 e. The second kappa shape index (κ2) is 11.5. The number of methoxy groups -OCH3 is 2. The lowest BCUT2D eigenvalue weighted by molar-refractivity contribution is -0.481. The minimum Gasteiger partial charge on any atom is -0.493 e. The summed E-state index contributed by atoms with van der Waals surface area (Å²) in [5.41, 5.74) is 0.570. The van der Waals surface area contributed by atoms with Gasteiger partial charge in [-0.2, -0.15) is 4.79 Å². The number of carbonyl (C=O) groups is 3. The zero-order valence-electron chi connectivity index (χ0n) is 21.1. The Balaban J connectivity index is 1.53. The first kappa shape index (κ1) is 27.0. The zero-order valence-corrected chi connectivity index (χ0v) is 21.1. The molecule has 12 nitrogen and oxygen atoms in total. The first-order valence-electron chi connectivity index (χ1n) is 11.4. The number of aliphatic hydroxyl groups excluding tert-OH is 1. The molecular formula is C26H23FN5O7+. The van der Waals surface area contributed by atoms with E-state index in [0.717, 1.165) is 15.7 Å². The van der Waals surface area contributed by atoms with Crippen molar-refractivity contribution in [3.63, 3.8) is 0 Å². The van der Waals surface area contributed by atoms with Crippen LogP contribution in [-0.2, 0) is 9.59 Å². The predicted octanol–water partition coefficient (Wildman–Crippen LogP) is 2.54. The first-order valence-corrected chi connectivity index (χ1v) is 11.4. The molecule has 2 N–H and O–H groups in total. The van der Waals surface area contributed by atoms with Crippen LogP contribution < -0.4 is 19.5 Å². The first-order chi connectivity index (χ1) is 18.8. The maximum atomic E-state index is 15.0. The van der Waals surface area contributed by atoms with E-state index in [1.807, 2.05) is 0 Å².